The van der Waals surface area contributed by atoms with Crippen LogP contribution in [-0.4, -0.2) is 31.9 Å². The number of aromatic hydroxyl groups is 1. The van der Waals surface area contributed by atoms with Crippen LogP contribution < -0.4 is 5.32 Å². The highest BCUT2D eigenvalue weighted by atomic mass is 16.4. The lowest BCUT2D eigenvalue weighted by molar-refractivity contribution is -0.111. The number of amides is 1. The van der Waals surface area contributed by atoms with Crippen LogP contribution in [0.15, 0.2) is 36.7 Å². The molecule has 0 radical (unpaired) electrons. The lowest BCUT2D eigenvalue weighted by atomic mass is 10.2. The lowest BCUT2D eigenvalue weighted by Crippen LogP contribution is -2.09. The molecule has 7 heteroatoms. The monoisotopic (exact) mass is 287 g/mol. The molecule has 0 aliphatic carbocycles. The number of phenolic OH excluding ortho intramolecular Hbond substituents is 1. The molecule has 0 unspecified atom stereocenters. The smallest absolute Gasteiger partial charge is 0.335 e. The minimum atomic E-state index is -1.14. The van der Waals surface area contributed by atoms with Crippen LogP contribution in [0, 0.1) is 0 Å². The topological polar surface area (TPSA) is 104 Å². The Hall–Kier alpha value is -3.09. The molecule has 108 valence electrons. The van der Waals surface area contributed by atoms with Gasteiger partial charge in [0.05, 0.1) is 17.4 Å². The first-order valence-corrected chi connectivity index (χ1v) is 6.00. The number of aromatic carboxylic acids is 1. The summed E-state index contributed by atoms with van der Waals surface area (Å²) in [7, 11) is 1.76. The summed E-state index contributed by atoms with van der Waals surface area (Å²) in [6, 6.07) is 3.65. The number of nitrogens with one attached hydrogen (secondary N) is 1. The number of rotatable bonds is 4. The zero-order valence-electron chi connectivity index (χ0n) is 11.1. The summed E-state index contributed by atoms with van der Waals surface area (Å²) in [5.74, 6) is -1.84. The van der Waals surface area contributed by atoms with Crippen LogP contribution in [0.1, 0.15) is 15.9 Å². The Balaban J connectivity index is 2.10. The van der Waals surface area contributed by atoms with E-state index in [1.54, 1.807) is 30.2 Å². The number of nitrogens with zero attached hydrogens (tertiary/aromatic N) is 2. The van der Waals surface area contributed by atoms with Crippen molar-refractivity contribution in [3.63, 3.8) is 0 Å². The number of hydrogen-bond donors (Lipinski definition) is 3. The predicted molar refractivity (Wildman–Crippen MR) is 75.9 cm³/mol. The van der Waals surface area contributed by atoms with Crippen LogP contribution in [0.5, 0.6) is 5.75 Å². The van der Waals surface area contributed by atoms with E-state index < -0.39 is 11.9 Å². The van der Waals surface area contributed by atoms with Crippen molar-refractivity contribution in [3.8, 4) is 5.75 Å². The second-order valence-electron chi connectivity index (χ2n) is 4.31. The Morgan fingerprint density at radius 3 is 2.76 bits per heavy atom. The molecule has 0 aliphatic heterocycles. The minimum Gasteiger partial charge on any atom is -0.506 e. The Morgan fingerprint density at radius 1 is 1.38 bits per heavy atom. The summed E-state index contributed by atoms with van der Waals surface area (Å²) < 4.78 is 1.60. The number of aryl methyl sites for hydroxylation is 1. The molecule has 0 aliphatic rings. The predicted octanol–water partition coefficient (Wildman–Crippen LogP) is 1.48. The first kappa shape index (κ1) is 14.3. The molecular formula is C14H13N3O4. The van der Waals surface area contributed by atoms with E-state index in [1.807, 2.05) is 0 Å². The number of aromatic nitrogens is 2. The summed E-state index contributed by atoms with van der Waals surface area (Å²) in [5.41, 5.74) is 0.756. The van der Waals surface area contributed by atoms with Gasteiger partial charge in [0.1, 0.15) is 5.75 Å². The van der Waals surface area contributed by atoms with Gasteiger partial charge in [0.2, 0.25) is 5.91 Å². The fourth-order valence-electron chi connectivity index (χ4n) is 1.64. The van der Waals surface area contributed by atoms with Gasteiger partial charge in [0.15, 0.2) is 0 Å². The molecule has 0 saturated heterocycles. The maximum absolute atomic E-state index is 11.7. The van der Waals surface area contributed by atoms with Gasteiger partial charge in [-0.2, -0.15) is 5.10 Å². The highest BCUT2D eigenvalue weighted by Crippen LogP contribution is 2.24. The number of carbonyl (C=O) groups excluding carboxylic acids is 1. The average molecular weight is 287 g/mol. The average Bonchev–Trinajstić information content (AvgIpc) is 2.84. The summed E-state index contributed by atoms with van der Waals surface area (Å²) >= 11 is 0. The molecule has 2 aromatic rings. The van der Waals surface area contributed by atoms with Gasteiger partial charge in [0.25, 0.3) is 0 Å². The maximum atomic E-state index is 11.7. The summed E-state index contributed by atoms with van der Waals surface area (Å²) in [4.78, 5) is 22.6. The van der Waals surface area contributed by atoms with E-state index in [-0.39, 0.29) is 17.0 Å². The Kier molecular flexibility index (Phi) is 4.03. The number of benzene rings is 1. The van der Waals surface area contributed by atoms with Gasteiger partial charge >= 0.3 is 5.97 Å². The highest BCUT2D eigenvalue weighted by Gasteiger charge is 2.09. The van der Waals surface area contributed by atoms with E-state index in [0.29, 0.717) is 0 Å². The van der Waals surface area contributed by atoms with E-state index in [4.69, 9.17) is 5.11 Å². The normalized spacial score (nSPS) is 10.7. The molecule has 0 spiro atoms. The van der Waals surface area contributed by atoms with Crippen LogP contribution in [-0.2, 0) is 11.8 Å². The molecule has 0 saturated carbocycles. The number of anilines is 1. The van der Waals surface area contributed by atoms with Gasteiger partial charge in [-0.15, -0.1) is 0 Å². The first-order chi connectivity index (χ1) is 9.95. The zero-order valence-corrected chi connectivity index (χ0v) is 11.1. The van der Waals surface area contributed by atoms with Gasteiger partial charge in [0, 0.05) is 24.9 Å². The van der Waals surface area contributed by atoms with Gasteiger partial charge in [-0.3, -0.25) is 9.48 Å². The summed E-state index contributed by atoms with van der Waals surface area (Å²) in [5, 5.41) is 24.8. The number of hydrogen-bond acceptors (Lipinski definition) is 4. The van der Waals surface area contributed by atoms with E-state index in [9.17, 15) is 14.7 Å². The van der Waals surface area contributed by atoms with E-state index >= 15 is 0 Å². The molecule has 3 N–H and O–H groups in total. The van der Waals surface area contributed by atoms with Crippen molar-refractivity contribution < 1.29 is 19.8 Å². The first-order valence-electron chi connectivity index (χ1n) is 6.00. The lowest BCUT2D eigenvalue weighted by Gasteiger charge is -2.06. The second-order valence-corrected chi connectivity index (χ2v) is 4.31. The van der Waals surface area contributed by atoms with Crippen LogP contribution in [0.3, 0.4) is 0 Å². The molecule has 1 heterocycles. The molecular weight excluding hydrogens is 274 g/mol. The number of carboxylic acid groups (broad SMARTS) is 1. The second kappa shape index (κ2) is 5.91. The molecule has 0 fully saturated rings. The third kappa shape index (κ3) is 3.69. The van der Waals surface area contributed by atoms with Gasteiger partial charge < -0.3 is 15.5 Å². The fourth-order valence-corrected chi connectivity index (χ4v) is 1.64. The highest BCUT2D eigenvalue weighted by molar-refractivity contribution is 6.03. The molecule has 2 rings (SSSR count). The van der Waals surface area contributed by atoms with Crippen molar-refractivity contribution in [1.29, 1.82) is 0 Å². The van der Waals surface area contributed by atoms with Crippen molar-refractivity contribution in [1.82, 2.24) is 9.78 Å². The molecule has 1 aromatic heterocycles. The zero-order chi connectivity index (χ0) is 15.4. The van der Waals surface area contributed by atoms with Crippen LogP contribution >= 0.6 is 0 Å². The SMILES string of the molecule is Cn1cc(/C=C/C(=O)Nc2cc(C(=O)O)ccc2O)cn1. The third-order valence-corrected chi connectivity index (χ3v) is 2.65. The third-order valence-electron chi connectivity index (χ3n) is 2.65. The Morgan fingerprint density at radius 2 is 2.14 bits per heavy atom. The van der Waals surface area contributed by atoms with Gasteiger partial charge in [-0.1, -0.05) is 0 Å². The fraction of sp³-hybridized carbons (Fsp3) is 0.0714. The van der Waals surface area contributed by atoms with Crippen molar-refractivity contribution in [3.05, 3.63) is 47.8 Å². The van der Waals surface area contributed by atoms with Crippen molar-refractivity contribution in [2.75, 3.05) is 5.32 Å². The Bertz CT molecular complexity index is 719. The summed E-state index contributed by atoms with van der Waals surface area (Å²) in [6.45, 7) is 0. The molecule has 7 nitrogen and oxygen atoms in total. The summed E-state index contributed by atoms with van der Waals surface area (Å²) in [6.07, 6.45) is 6.14. The quantitative estimate of drug-likeness (QED) is 0.583. The maximum Gasteiger partial charge on any atom is 0.335 e. The van der Waals surface area contributed by atoms with Crippen LogP contribution in [0.4, 0.5) is 5.69 Å². The molecule has 0 bridgehead atoms. The van der Waals surface area contributed by atoms with Crippen LogP contribution in [0.2, 0.25) is 0 Å². The van der Waals surface area contributed by atoms with E-state index in [2.05, 4.69) is 10.4 Å². The molecule has 1 amide bonds. The minimum absolute atomic E-state index is 0.0284. The van der Waals surface area contributed by atoms with Gasteiger partial charge in [-0.05, 0) is 24.3 Å². The number of phenols is 1. The van der Waals surface area contributed by atoms with E-state index in [0.717, 1.165) is 5.56 Å². The molecule has 21 heavy (non-hydrogen) atoms. The van der Waals surface area contributed by atoms with Crippen molar-refractivity contribution in [2.45, 2.75) is 0 Å². The number of carbonyl (C=O) groups is 2. The van der Waals surface area contributed by atoms with Crippen LogP contribution in [0.25, 0.3) is 6.08 Å². The number of carboxylic acids is 1. The van der Waals surface area contributed by atoms with Crippen molar-refractivity contribution in [2.24, 2.45) is 7.05 Å². The molecule has 0 atom stereocenters. The largest absolute Gasteiger partial charge is 0.506 e. The molecule has 1 aromatic carbocycles. The van der Waals surface area contributed by atoms with E-state index in [1.165, 1.54) is 24.3 Å². The Labute approximate surface area is 120 Å². The van der Waals surface area contributed by atoms with Crippen molar-refractivity contribution >= 4 is 23.6 Å². The van der Waals surface area contributed by atoms with Gasteiger partial charge in [-0.25, -0.2) is 4.79 Å². The standard InChI is InChI=1S/C14H13N3O4/c1-17-8-9(7-15-17)2-5-13(19)16-11-6-10(14(20)21)3-4-12(11)18/h2-8,18H,1H3,(H,16,19)(H,20,21)/b5-2+.